The first-order valence-electron chi connectivity index (χ1n) is 10.1. The third kappa shape index (κ3) is 5.76. The van der Waals surface area contributed by atoms with Crippen LogP contribution in [-0.2, 0) is 4.79 Å². The molecule has 0 atom stereocenters. The lowest BCUT2D eigenvalue weighted by Crippen LogP contribution is -2.36. The minimum absolute atomic E-state index is 0.0279. The number of para-hydroxylation sites is 1. The second kappa shape index (κ2) is 9.83. The Kier molecular flexibility index (Phi) is 7.21. The van der Waals surface area contributed by atoms with Gasteiger partial charge in [-0.3, -0.25) is 9.59 Å². The fourth-order valence-corrected chi connectivity index (χ4v) is 4.25. The first-order valence-corrected chi connectivity index (χ1v) is 10.5. The van der Waals surface area contributed by atoms with Crippen molar-refractivity contribution in [3.05, 3.63) is 29.8 Å². The first-order chi connectivity index (χ1) is 13.1. The largest absolute Gasteiger partial charge is 0.339 e. The van der Waals surface area contributed by atoms with Gasteiger partial charge in [-0.1, -0.05) is 37.8 Å². The van der Waals surface area contributed by atoms with E-state index in [1.807, 2.05) is 29.2 Å². The van der Waals surface area contributed by atoms with E-state index in [4.69, 9.17) is 12.2 Å². The molecule has 1 heterocycles. The molecule has 0 bridgehead atoms. The molecule has 2 fully saturated rings. The van der Waals surface area contributed by atoms with Gasteiger partial charge in [0.05, 0.1) is 11.3 Å². The molecule has 1 saturated carbocycles. The van der Waals surface area contributed by atoms with Crippen molar-refractivity contribution in [3.63, 3.8) is 0 Å². The number of likely N-dealkylation sites (tertiary alicyclic amines) is 1. The van der Waals surface area contributed by atoms with Crippen LogP contribution in [0.1, 0.15) is 68.1 Å². The van der Waals surface area contributed by atoms with Gasteiger partial charge in [0, 0.05) is 19.5 Å². The van der Waals surface area contributed by atoms with E-state index in [0.717, 1.165) is 38.8 Å². The van der Waals surface area contributed by atoms with Crippen molar-refractivity contribution >= 4 is 34.8 Å². The second-order valence-corrected chi connectivity index (χ2v) is 8.02. The van der Waals surface area contributed by atoms with E-state index in [0.29, 0.717) is 23.6 Å². The standard InChI is InChI=1S/C21H29N3O2S/c25-19(15-16-9-3-4-10-16)23-21(27)22-18-12-6-5-11-17(18)20(26)24-13-7-1-2-8-14-24/h5-6,11-12,16H,1-4,7-10,13-15H2,(H2,22,23,25,27). The fraction of sp³-hybridized carbons (Fsp3) is 0.571. The van der Waals surface area contributed by atoms with E-state index >= 15 is 0 Å². The van der Waals surface area contributed by atoms with Crippen LogP contribution in [0.25, 0.3) is 0 Å². The maximum Gasteiger partial charge on any atom is 0.255 e. The number of hydrogen-bond acceptors (Lipinski definition) is 3. The van der Waals surface area contributed by atoms with Crippen LogP contribution in [0.4, 0.5) is 5.69 Å². The Morgan fingerprint density at radius 1 is 1.00 bits per heavy atom. The van der Waals surface area contributed by atoms with Gasteiger partial charge in [-0.05, 0) is 56.0 Å². The Morgan fingerprint density at radius 2 is 1.67 bits per heavy atom. The minimum Gasteiger partial charge on any atom is -0.339 e. The zero-order valence-corrected chi connectivity index (χ0v) is 16.7. The quantitative estimate of drug-likeness (QED) is 0.764. The van der Waals surface area contributed by atoms with Crippen LogP contribution in [0.5, 0.6) is 0 Å². The summed E-state index contributed by atoms with van der Waals surface area (Å²) in [5.41, 5.74) is 1.25. The fourth-order valence-electron chi connectivity index (χ4n) is 4.03. The summed E-state index contributed by atoms with van der Waals surface area (Å²) in [6.07, 6.45) is 9.67. The lowest BCUT2D eigenvalue weighted by molar-refractivity contribution is -0.120. The number of nitrogens with one attached hydrogen (secondary N) is 2. The van der Waals surface area contributed by atoms with Crippen molar-refractivity contribution in [2.45, 2.75) is 57.8 Å². The van der Waals surface area contributed by atoms with Crippen LogP contribution < -0.4 is 10.6 Å². The van der Waals surface area contributed by atoms with Crippen LogP contribution in [0.2, 0.25) is 0 Å². The smallest absolute Gasteiger partial charge is 0.255 e. The highest BCUT2D eigenvalue weighted by Crippen LogP contribution is 2.27. The molecule has 3 rings (SSSR count). The normalized spacial score (nSPS) is 18.0. The van der Waals surface area contributed by atoms with Crippen LogP contribution in [0.15, 0.2) is 24.3 Å². The molecule has 2 amide bonds. The number of nitrogens with zero attached hydrogens (tertiary/aromatic N) is 1. The highest BCUT2D eigenvalue weighted by molar-refractivity contribution is 7.80. The number of thiocarbonyl (C=S) groups is 1. The van der Waals surface area contributed by atoms with Crippen molar-refractivity contribution in [1.82, 2.24) is 10.2 Å². The Labute approximate surface area is 166 Å². The summed E-state index contributed by atoms with van der Waals surface area (Å²) in [4.78, 5) is 27.1. The van der Waals surface area contributed by atoms with Gasteiger partial charge >= 0.3 is 0 Å². The monoisotopic (exact) mass is 387 g/mol. The summed E-state index contributed by atoms with van der Waals surface area (Å²) in [5, 5.41) is 6.08. The van der Waals surface area contributed by atoms with E-state index in [1.165, 1.54) is 25.7 Å². The molecule has 2 aliphatic rings. The summed E-state index contributed by atoms with van der Waals surface area (Å²) >= 11 is 5.31. The molecule has 0 unspecified atom stereocenters. The molecule has 1 saturated heterocycles. The van der Waals surface area contributed by atoms with Gasteiger partial charge in [-0.2, -0.15) is 0 Å². The van der Waals surface area contributed by atoms with Gasteiger partial charge < -0.3 is 15.5 Å². The van der Waals surface area contributed by atoms with Crippen LogP contribution in [0.3, 0.4) is 0 Å². The van der Waals surface area contributed by atoms with E-state index in [1.54, 1.807) is 0 Å². The predicted octanol–water partition coefficient (Wildman–Crippen LogP) is 4.10. The highest BCUT2D eigenvalue weighted by Gasteiger charge is 2.21. The SMILES string of the molecule is O=C(CC1CCCC1)NC(=S)Nc1ccccc1C(=O)N1CCCCCC1. The van der Waals surface area contributed by atoms with Crippen LogP contribution in [-0.4, -0.2) is 34.9 Å². The van der Waals surface area contributed by atoms with Crippen LogP contribution in [0, 0.1) is 5.92 Å². The van der Waals surface area contributed by atoms with Gasteiger partial charge in [0.15, 0.2) is 5.11 Å². The maximum atomic E-state index is 13.0. The average Bonchev–Trinajstić information content (AvgIpc) is 3.00. The number of amides is 2. The van der Waals surface area contributed by atoms with Gasteiger partial charge in [-0.15, -0.1) is 0 Å². The summed E-state index contributed by atoms with van der Waals surface area (Å²) in [5.74, 6) is 0.459. The average molecular weight is 388 g/mol. The van der Waals surface area contributed by atoms with Crippen molar-refractivity contribution in [1.29, 1.82) is 0 Å². The molecule has 0 aromatic heterocycles. The van der Waals surface area contributed by atoms with Gasteiger partial charge in [0.25, 0.3) is 5.91 Å². The van der Waals surface area contributed by atoms with Gasteiger partial charge in [0.1, 0.15) is 0 Å². The summed E-state index contributed by atoms with van der Waals surface area (Å²) in [6, 6.07) is 7.38. The molecule has 1 aliphatic heterocycles. The molecule has 1 aliphatic carbocycles. The van der Waals surface area contributed by atoms with Crippen LogP contribution >= 0.6 is 12.2 Å². The molecule has 2 N–H and O–H groups in total. The van der Waals surface area contributed by atoms with E-state index < -0.39 is 0 Å². The molecule has 0 radical (unpaired) electrons. The highest BCUT2D eigenvalue weighted by atomic mass is 32.1. The molecular weight excluding hydrogens is 358 g/mol. The third-order valence-electron chi connectivity index (χ3n) is 5.50. The summed E-state index contributed by atoms with van der Waals surface area (Å²) < 4.78 is 0. The topological polar surface area (TPSA) is 61.4 Å². The van der Waals surface area contributed by atoms with E-state index in [-0.39, 0.29) is 16.9 Å². The maximum absolute atomic E-state index is 13.0. The van der Waals surface area contributed by atoms with Gasteiger partial charge in [0.2, 0.25) is 5.91 Å². The summed E-state index contributed by atoms with van der Waals surface area (Å²) in [6.45, 7) is 1.60. The number of carbonyl (C=O) groups is 2. The minimum atomic E-state index is -0.0456. The summed E-state index contributed by atoms with van der Waals surface area (Å²) in [7, 11) is 0. The Bertz CT molecular complexity index is 678. The van der Waals surface area contributed by atoms with Crippen molar-refractivity contribution < 1.29 is 9.59 Å². The van der Waals surface area contributed by atoms with E-state index in [9.17, 15) is 9.59 Å². The third-order valence-corrected chi connectivity index (χ3v) is 5.70. The second-order valence-electron chi connectivity index (χ2n) is 7.61. The Hall–Kier alpha value is -1.95. The Morgan fingerprint density at radius 3 is 2.37 bits per heavy atom. The van der Waals surface area contributed by atoms with Crippen molar-refractivity contribution in [2.24, 2.45) is 5.92 Å². The number of hydrogen-bond donors (Lipinski definition) is 2. The number of carbonyl (C=O) groups excluding carboxylic acids is 2. The van der Waals surface area contributed by atoms with Crippen molar-refractivity contribution in [2.75, 3.05) is 18.4 Å². The first kappa shape index (κ1) is 19.8. The lowest BCUT2D eigenvalue weighted by atomic mass is 10.0. The lowest BCUT2D eigenvalue weighted by Gasteiger charge is -2.22. The molecule has 1 aromatic carbocycles. The number of anilines is 1. The molecule has 1 aromatic rings. The van der Waals surface area contributed by atoms with Crippen molar-refractivity contribution in [3.8, 4) is 0 Å². The molecule has 6 heteroatoms. The predicted molar refractivity (Wildman–Crippen MR) is 112 cm³/mol. The molecule has 5 nitrogen and oxygen atoms in total. The van der Waals surface area contributed by atoms with Gasteiger partial charge in [-0.25, -0.2) is 0 Å². The van der Waals surface area contributed by atoms with E-state index in [2.05, 4.69) is 10.6 Å². The zero-order valence-electron chi connectivity index (χ0n) is 15.8. The molecule has 146 valence electrons. The number of benzene rings is 1. The molecule has 27 heavy (non-hydrogen) atoms. The Balaban J connectivity index is 1.60. The number of rotatable bonds is 4. The molecular formula is C21H29N3O2S. The molecule has 0 spiro atoms. The zero-order chi connectivity index (χ0) is 19.1.